The molecule has 2 heterocycles. The second-order valence-corrected chi connectivity index (χ2v) is 10.2. The van der Waals surface area contributed by atoms with Gasteiger partial charge in [-0.05, 0) is 60.9 Å². The summed E-state index contributed by atoms with van der Waals surface area (Å²) in [5.74, 6) is 1.03. The second-order valence-electron chi connectivity index (χ2n) is 10.2. The Bertz CT molecular complexity index is 1010. The molecule has 0 saturated carbocycles. The summed E-state index contributed by atoms with van der Waals surface area (Å²) in [5.41, 5.74) is 5.43. The molecule has 38 heavy (non-hydrogen) atoms. The van der Waals surface area contributed by atoms with Gasteiger partial charge in [-0.2, -0.15) is 0 Å². The van der Waals surface area contributed by atoms with Crippen LogP contribution in [0.5, 0.6) is 0 Å². The average Bonchev–Trinajstić information content (AvgIpc) is 3.45. The van der Waals surface area contributed by atoms with Gasteiger partial charge < -0.3 is 9.47 Å². The summed E-state index contributed by atoms with van der Waals surface area (Å²) in [6.45, 7) is 24.6. The zero-order valence-corrected chi connectivity index (χ0v) is 25.9. The molecular formula is C34H53NO3. The summed E-state index contributed by atoms with van der Waals surface area (Å²) in [6, 6.07) is 10.8. The number of allylic oxidation sites excluding steroid dienone is 1. The summed E-state index contributed by atoms with van der Waals surface area (Å²) in [4.78, 5) is 16.5. The topological polar surface area (TPSA) is 48.4 Å². The van der Waals surface area contributed by atoms with Crippen molar-refractivity contribution in [2.45, 2.75) is 131 Å². The molecule has 1 atom stereocenters. The molecule has 0 radical (unpaired) electrons. The molecule has 1 aromatic carbocycles. The molecule has 0 N–H and O–H groups in total. The third-order valence-corrected chi connectivity index (χ3v) is 6.98. The van der Waals surface area contributed by atoms with E-state index in [9.17, 15) is 4.79 Å². The Kier molecular flexibility index (Phi) is 14.0. The molecular weight excluding hydrogens is 470 g/mol. The maximum absolute atomic E-state index is 12.0. The highest BCUT2D eigenvalue weighted by Crippen LogP contribution is 2.43. The molecule has 0 spiro atoms. The monoisotopic (exact) mass is 523 g/mol. The van der Waals surface area contributed by atoms with Crippen LogP contribution in [0.4, 0.5) is 0 Å². The van der Waals surface area contributed by atoms with Crippen LogP contribution >= 0.6 is 0 Å². The molecule has 212 valence electrons. The number of hydrogen-bond donors (Lipinski definition) is 0. The number of benzene rings is 1. The molecule has 4 nitrogen and oxygen atoms in total. The minimum absolute atomic E-state index is 0.0279. The van der Waals surface area contributed by atoms with E-state index in [1.807, 2.05) is 33.9 Å². The van der Waals surface area contributed by atoms with Gasteiger partial charge in [0.1, 0.15) is 0 Å². The molecule has 0 saturated heterocycles. The van der Waals surface area contributed by atoms with Gasteiger partial charge in [-0.1, -0.05) is 99.1 Å². The van der Waals surface area contributed by atoms with E-state index in [0.717, 1.165) is 30.7 Å². The van der Waals surface area contributed by atoms with Gasteiger partial charge in [0, 0.05) is 24.7 Å². The number of nitrogens with zero attached hydrogens (tertiary/aromatic N) is 1. The zero-order valence-electron chi connectivity index (χ0n) is 25.9. The number of hydrogen-bond acceptors (Lipinski definition) is 4. The first kappa shape index (κ1) is 33.6. The van der Waals surface area contributed by atoms with Crippen molar-refractivity contribution >= 4 is 5.78 Å². The lowest BCUT2D eigenvalue weighted by Crippen LogP contribution is -2.40. The number of carbonyl (C=O) groups is 1. The highest BCUT2D eigenvalue weighted by Gasteiger charge is 2.44. The van der Waals surface area contributed by atoms with Gasteiger partial charge in [-0.25, -0.2) is 0 Å². The van der Waals surface area contributed by atoms with Gasteiger partial charge in [0.05, 0.1) is 18.0 Å². The predicted octanol–water partition coefficient (Wildman–Crippen LogP) is 9.25. The minimum atomic E-state index is -0.772. The fraction of sp³-hybridized carbons (Fsp3) is 0.588. The van der Waals surface area contributed by atoms with Crippen molar-refractivity contribution in [3.8, 4) is 0 Å². The number of Topliss-reactive ketones (excluding diaryl/α,β-unsaturated/α-hetero) is 1. The summed E-state index contributed by atoms with van der Waals surface area (Å²) < 4.78 is 11.9. The van der Waals surface area contributed by atoms with E-state index >= 15 is 0 Å². The Labute approximate surface area is 233 Å². The predicted molar refractivity (Wildman–Crippen MR) is 160 cm³/mol. The van der Waals surface area contributed by atoms with Gasteiger partial charge in [0.25, 0.3) is 0 Å². The quantitative estimate of drug-likeness (QED) is 0.324. The first-order valence-corrected chi connectivity index (χ1v) is 14.7. The molecule has 1 aromatic heterocycles. The normalized spacial score (nSPS) is 18.0. The lowest BCUT2D eigenvalue weighted by molar-refractivity contribution is -0.136. The van der Waals surface area contributed by atoms with E-state index in [-0.39, 0.29) is 11.4 Å². The van der Waals surface area contributed by atoms with E-state index in [4.69, 9.17) is 9.47 Å². The number of rotatable bonds is 8. The van der Waals surface area contributed by atoms with Gasteiger partial charge in [-0.3, -0.25) is 9.78 Å². The first-order chi connectivity index (χ1) is 18.2. The smallest absolute Gasteiger partial charge is 0.174 e. The Balaban J connectivity index is 0.000000343. The van der Waals surface area contributed by atoms with Crippen molar-refractivity contribution in [1.29, 1.82) is 0 Å². The second kappa shape index (κ2) is 15.8. The van der Waals surface area contributed by atoms with Crippen LogP contribution < -0.4 is 0 Å². The van der Waals surface area contributed by atoms with Crippen LogP contribution in [0.15, 0.2) is 48.9 Å². The van der Waals surface area contributed by atoms with Crippen LogP contribution in [0.1, 0.15) is 129 Å². The van der Waals surface area contributed by atoms with Crippen molar-refractivity contribution in [2.24, 2.45) is 0 Å². The Hall–Kier alpha value is -2.46. The molecule has 4 rings (SSSR count). The van der Waals surface area contributed by atoms with Crippen LogP contribution in [0.25, 0.3) is 0 Å². The number of carbonyl (C=O) groups excluding carboxylic acids is 1. The van der Waals surface area contributed by atoms with E-state index in [0.29, 0.717) is 24.5 Å². The van der Waals surface area contributed by atoms with Crippen molar-refractivity contribution in [2.75, 3.05) is 0 Å². The molecule has 1 aliphatic heterocycles. The SMILES string of the molecule is C=C(C)OC1(C(C)=O)Cc2cnc(C(C)C)cc2C1.CC.CC.CCCC1(CCC)OCc2ccccc21. The summed E-state index contributed by atoms with van der Waals surface area (Å²) >= 11 is 0. The fourth-order valence-electron chi connectivity index (χ4n) is 5.32. The highest BCUT2D eigenvalue weighted by atomic mass is 16.5. The van der Waals surface area contributed by atoms with E-state index < -0.39 is 5.60 Å². The molecule has 0 fully saturated rings. The average molecular weight is 524 g/mol. The molecule has 0 amide bonds. The maximum Gasteiger partial charge on any atom is 0.174 e. The third-order valence-electron chi connectivity index (χ3n) is 6.98. The number of ether oxygens (including phenoxy) is 2. The third kappa shape index (κ3) is 8.02. The number of aromatic nitrogens is 1. The molecule has 2 aliphatic rings. The first-order valence-electron chi connectivity index (χ1n) is 14.7. The van der Waals surface area contributed by atoms with Gasteiger partial charge in [-0.15, -0.1) is 0 Å². The van der Waals surface area contributed by atoms with Crippen LogP contribution in [0.2, 0.25) is 0 Å². The van der Waals surface area contributed by atoms with E-state index in [2.05, 4.69) is 69.6 Å². The van der Waals surface area contributed by atoms with Crippen molar-refractivity contribution in [3.63, 3.8) is 0 Å². The van der Waals surface area contributed by atoms with Crippen LogP contribution in [-0.2, 0) is 39.3 Å². The lowest BCUT2D eigenvalue weighted by Gasteiger charge is -2.29. The minimum Gasteiger partial charge on any atom is -0.484 e. The van der Waals surface area contributed by atoms with Gasteiger partial charge in [0.15, 0.2) is 11.4 Å². The van der Waals surface area contributed by atoms with Crippen molar-refractivity contribution in [3.05, 3.63) is 76.8 Å². The van der Waals surface area contributed by atoms with E-state index in [1.54, 1.807) is 13.8 Å². The van der Waals surface area contributed by atoms with Crippen LogP contribution in [-0.4, -0.2) is 16.4 Å². The van der Waals surface area contributed by atoms with Gasteiger partial charge in [0.2, 0.25) is 0 Å². The molecule has 1 unspecified atom stereocenters. The standard InChI is InChI=1S/C16H21NO2.C14H20O.2C2H6/c1-10(2)15-6-13-7-16(12(5)18,19-11(3)4)8-14(13)9-17-15;1-3-9-14(10-4-2)13-8-6-5-7-12(13)11-15-14;2*1-2/h6,9-10H,3,7-8H2,1-2,4-5H3;5-8H,3-4,9-11H2,1-2H3;2*1-2H3. The summed E-state index contributed by atoms with van der Waals surface area (Å²) in [6.07, 6.45) is 7.78. The molecule has 0 bridgehead atoms. The Morgan fingerprint density at radius 3 is 2.11 bits per heavy atom. The van der Waals surface area contributed by atoms with Crippen LogP contribution in [0.3, 0.4) is 0 Å². The van der Waals surface area contributed by atoms with Crippen molar-refractivity contribution in [1.82, 2.24) is 4.98 Å². The highest BCUT2D eigenvalue weighted by molar-refractivity contribution is 5.87. The number of fused-ring (bicyclic) bond motifs is 2. The summed E-state index contributed by atoms with van der Waals surface area (Å²) in [5, 5.41) is 0. The van der Waals surface area contributed by atoms with Crippen molar-refractivity contribution < 1.29 is 14.3 Å². The summed E-state index contributed by atoms with van der Waals surface area (Å²) in [7, 11) is 0. The maximum atomic E-state index is 12.0. The zero-order chi connectivity index (χ0) is 28.9. The number of pyridine rings is 1. The fourth-order valence-corrected chi connectivity index (χ4v) is 5.32. The molecule has 1 aliphatic carbocycles. The lowest BCUT2D eigenvalue weighted by atomic mass is 9.85. The Morgan fingerprint density at radius 2 is 1.58 bits per heavy atom. The van der Waals surface area contributed by atoms with Crippen LogP contribution in [0, 0.1) is 0 Å². The largest absolute Gasteiger partial charge is 0.484 e. The van der Waals surface area contributed by atoms with E-state index in [1.165, 1.54) is 29.5 Å². The van der Waals surface area contributed by atoms with Gasteiger partial charge >= 0.3 is 0 Å². The molecule has 4 heteroatoms. The number of ketones is 1. The molecule has 2 aromatic rings. The Morgan fingerprint density at radius 1 is 1.00 bits per heavy atom.